The van der Waals surface area contributed by atoms with Gasteiger partial charge in [0.05, 0.1) is 0 Å². The summed E-state index contributed by atoms with van der Waals surface area (Å²) in [4.78, 5) is 38.2. The van der Waals surface area contributed by atoms with Crippen LogP contribution in [0.5, 0.6) is 0 Å². The Morgan fingerprint density at radius 2 is 0.493 bits per heavy atom. The molecule has 0 N–H and O–H groups in total. The third-order valence-corrected chi connectivity index (χ3v) is 14.6. The Bertz CT molecular complexity index is 1220. The van der Waals surface area contributed by atoms with Crippen LogP contribution in [0.1, 0.15) is 355 Å². The topological polar surface area (TPSA) is 78.9 Å². The normalized spacial score (nSPS) is 12.2. The van der Waals surface area contributed by atoms with E-state index in [9.17, 15) is 14.4 Å². The van der Waals surface area contributed by atoms with Crippen LogP contribution in [-0.4, -0.2) is 37.2 Å². The van der Waals surface area contributed by atoms with Crippen molar-refractivity contribution in [1.29, 1.82) is 0 Å². The first-order valence-electron chi connectivity index (χ1n) is 32.5. The summed E-state index contributed by atoms with van der Waals surface area (Å²) in [6.07, 6.45) is 75.9. The summed E-state index contributed by atoms with van der Waals surface area (Å²) in [6, 6.07) is 0. The molecule has 0 aliphatic rings. The average molecular weight is 1030 g/mol. The summed E-state index contributed by atoms with van der Waals surface area (Å²) in [6.45, 7) is 6.66. The van der Waals surface area contributed by atoms with Gasteiger partial charge in [0, 0.05) is 19.3 Å². The van der Waals surface area contributed by atoms with Gasteiger partial charge in [-0.3, -0.25) is 14.4 Å². The summed E-state index contributed by atoms with van der Waals surface area (Å²) >= 11 is 0. The Morgan fingerprint density at radius 3 is 0.767 bits per heavy atom. The van der Waals surface area contributed by atoms with Gasteiger partial charge in [0.1, 0.15) is 13.2 Å². The second kappa shape index (κ2) is 62.2. The molecule has 0 rings (SSSR count). The number of allylic oxidation sites excluding steroid dienone is 6. The Kier molecular flexibility index (Phi) is 60.2. The number of ether oxygens (including phenoxy) is 3. The van der Waals surface area contributed by atoms with E-state index in [1.165, 1.54) is 244 Å². The molecule has 0 saturated carbocycles. The van der Waals surface area contributed by atoms with Crippen molar-refractivity contribution in [2.24, 2.45) is 0 Å². The third kappa shape index (κ3) is 60.4. The van der Waals surface area contributed by atoms with Crippen LogP contribution >= 0.6 is 0 Å². The van der Waals surface area contributed by atoms with Gasteiger partial charge in [0.15, 0.2) is 6.10 Å². The second-order valence-corrected chi connectivity index (χ2v) is 22.0. The molecule has 0 aromatic carbocycles. The van der Waals surface area contributed by atoms with Crippen molar-refractivity contribution in [3.63, 3.8) is 0 Å². The van der Waals surface area contributed by atoms with Crippen LogP contribution in [0, 0.1) is 0 Å². The van der Waals surface area contributed by atoms with E-state index in [-0.39, 0.29) is 31.1 Å². The molecule has 0 bridgehead atoms. The van der Waals surface area contributed by atoms with E-state index in [4.69, 9.17) is 14.2 Å². The largest absolute Gasteiger partial charge is 0.462 e. The SMILES string of the molecule is CCCCCCC/C=C\C/C=C\CCCCCCCCCCCCCCCCCCCC(=O)OCC(COC(=O)CCCCCCCCCCCCC)OC(=O)CCCCCCC/C=C\CCCCCCCC. The lowest BCUT2D eigenvalue weighted by Gasteiger charge is -2.18. The molecule has 1 unspecified atom stereocenters. The zero-order valence-corrected chi connectivity index (χ0v) is 49.2. The van der Waals surface area contributed by atoms with Gasteiger partial charge >= 0.3 is 17.9 Å². The van der Waals surface area contributed by atoms with E-state index in [0.29, 0.717) is 19.3 Å². The monoisotopic (exact) mass is 1020 g/mol. The lowest BCUT2D eigenvalue weighted by atomic mass is 10.0. The van der Waals surface area contributed by atoms with Gasteiger partial charge in [-0.05, 0) is 77.0 Å². The fraction of sp³-hybridized carbons (Fsp3) is 0.866. The zero-order chi connectivity index (χ0) is 52.9. The van der Waals surface area contributed by atoms with Crippen LogP contribution in [0.25, 0.3) is 0 Å². The van der Waals surface area contributed by atoms with Crippen LogP contribution in [0.3, 0.4) is 0 Å². The summed E-state index contributed by atoms with van der Waals surface area (Å²) < 4.78 is 16.9. The molecule has 0 aliphatic heterocycles. The molecule has 6 heteroatoms. The van der Waals surface area contributed by atoms with Gasteiger partial charge in [0.25, 0.3) is 0 Å². The molecule has 0 aromatic rings. The number of esters is 3. The molecule has 0 spiro atoms. The maximum absolute atomic E-state index is 12.9. The third-order valence-electron chi connectivity index (χ3n) is 14.6. The van der Waals surface area contributed by atoms with Crippen molar-refractivity contribution < 1.29 is 28.6 Å². The Balaban J connectivity index is 4.13. The van der Waals surface area contributed by atoms with Crippen LogP contribution in [0.4, 0.5) is 0 Å². The molecule has 73 heavy (non-hydrogen) atoms. The molecule has 0 radical (unpaired) electrons. The number of hydrogen-bond donors (Lipinski definition) is 0. The summed E-state index contributed by atoms with van der Waals surface area (Å²) in [5.41, 5.74) is 0. The predicted molar refractivity (Wildman–Crippen MR) is 316 cm³/mol. The highest BCUT2D eigenvalue weighted by Gasteiger charge is 2.19. The molecule has 0 amide bonds. The van der Waals surface area contributed by atoms with Gasteiger partial charge in [-0.25, -0.2) is 0 Å². The van der Waals surface area contributed by atoms with Gasteiger partial charge in [-0.15, -0.1) is 0 Å². The van der Waals surface area contributed by atoms with Crippen LogP contribution in [0.15, 0.2) is 36.5 Å². The first-order chi connectivity index (χ1) is 36.0. The molecular formula is C67H124O6. The molecule has 0 aliphatic carbocycles. The first kappa shape index (κ1) is 70.6. The summed E-state index contributed by atoms with van der Waals surface area (Å²) in [5.74, 6) is -0.858. The Labute approximate surface area is 455 Å². The van der Waals surface area contributed by atoms with Crippen LogP contribution in [0.2, 0.25) is 0 Å². The maximum Gasteiger partial charge on any atom is 0.306 e. The minimum Gasteiger partial charge on any atom is -0.462 e. The highest BCUT2D eigenvalue weighted by Crippen LogP contribution is 2.17. The molecule has 1 atom stereocenters. The lowest BCUT2D eigenvalue weighted by Crippen LogP contribution is -2.30. The van der Waals surface area contributed by atoms with E-state index in [1.54, 1.807) is 0 Å². The summed E-state index contributed by atoms with van der Waals surface area (Å²) in [7, 11) is 0. The quantitative estimate of drug-likeness (QED) is 0.0261. The minimum atomic E-state index is -0.772. The number of carbonyl (C=O) groups excluding carboxylic acids is 3. The molecule has 0 fully saturated rings. The smallest absolute Gasteiger partial charge is 0.306 e. The standard InChI is InChI=1S/C67H124O6/c1-4-7-10-13-16-19-22-24-26-27-28-29-30-31-32-33-34-35-36-37-38-39-41-42-45-48-51-54-57-60-66(69)72-63-64(62-71-65(68)59-56-53-50-47-44-21-18-15-12-9-6-3)73-67(70)61-58-55-52-49-46-43-40-25-23-20-17-14-11-8-5-2/h22,24-25,27-28,40,64H,4-21,23,26,29-39,41-63H2,1-3H3/b24-22-,28-27-,40-25-. The molecule has 0 saturated heterocycles. The number of unbranched alkanes of at least 4 members (excludes halogenated alkanes) is 43. The predicted octanol–water partition coefficient (Wildman–Crippen LogP) is 22.0. The maximum atomic E-state index is 12.9. The fourth-order valence-corrected chi connectivity index (χ4v) is 9.71. The highest BCUT2D eigenvalue weighted by molar-refractivity contribution is 5.71. The number of rotatable bonds is 60. The average Bonchev–Trinajstić information content (AvgIpc) is 3.39. The second-order valence-electron chi connectivity index (χ2n) is 22.0. The van der Waals surface area contributed by atoms with Crippen LogP contribution in [-0.2, 0) is 28.6 Å². The molecule has 428 valence electrons. The van der Waals surface area contributed by atoms with Gasteiger partial charge in [-0.1, -0.05) is 295 Å². The van der Waals surface area contributed by atoms with E-state index in [0.717, 1.165) is 70.6 Å². The van der Waals surface area contributed by atoms with Gasteiger partial charge in [0.2, 0.25) is 0 Å². The van der Waals surface area contributed by atoms with Crippen molar-refractivity contribution in [1.82, 2.24) is 0 Å². The van der Waals surface area contributed by atoms with Crippen molar-refractivity contribution >= 4 is 17.9 Å². The van der Waals surface area contributed by atoms with Gasteiger partial charge < -0.3 is 14.2 Å². The van der Waals surface area contributed by atoms with Crippen molar-refractivity contribution in [2.45, 2.75) is 361 Å². The van der Waals surface area contributed by atoms with Crippen LogP contribution < -0.4 is 0 Å². The van der Waals surface area contributed by atoms with E-state index in [1.807, 2.05) is 0 Å². The van der Waals surface area contributed by atoms with Crippen molar-refractivity contribution in [3.8, 4) is 0 Å². The lowest BCUT2D eigenvalue weighted by molar-refractivity contribution is -0.167. The van der Waals surface area contributed by atoms with Gasteiger partial charge in [-0.2, -0.15) is 0 Å². The first-order valence-corrected chi connectivity index (χ1v) is 32.5. The zero-order valence-electron chi connectivity index (χ0n) is 49.2. The molecule has 0 aromatic heterocycles. The molecular weight excluding hydrogens is 901 g/mol. The van der Waals surface area contributed by atoms with Crippen molar-refractivity contribution in [3.05, 3.63) is 36.5 Å². The fourth-order valence-electron chi connectivity index (χ4n) is 9.71. The number of hydrogen-bond acceptors (Lipinski definition) is 6. The highest BCUT2D eigenvalue weighted by atomic mass is 16.6. The Hall–Kier alpha value is -2.37. The Morgan fingerprint density at radius 1 is 0.274 bits per heavy atom. The number of carbonyl (C=O) groups is 3. The van der Waals surface area contributed by atoms with Crippen molar-refractivity contribution in [2.75, 3.05) is 13.2 Å². The molecule has 6 nitrogen and oxygen atoms in total. The van der Waals surface area contributed by atoms with E-state index >= 15 is 0 Å². The molecule has 0 heterocycles. The summed E-state index contributed by atoms with van der Waals surface area (Å²) in [5, 5.41) is 0. The minimum absolute atomic E-state index is 0.0704. The van der Waals surface area contributed by atoms with E-state index < -0.39 is 6.10 Å². The van der Waals surface area contributed by atoms with E-state index in [2.05, 4.69) is 57.2 Å².